The molecule has 24 heavy (non-hydrogen) atoms. The van der Waals surface area contributed by atoms with Crippen molar-refractivity contribution in [2.75, 3.05) is 5.32 Å². The van der Waals surface area contributed by atoms with Crippen LogP contribution in [0.1, 0.15) is 15.9 Å². The predicted octanol–water partition coefficient (Wildman–Crippen LogP) is 4.21. The van der Waals surface area contributed by atoms with Gasteiger partial charge < -0.3 is 10.4 Å². The lowest BCUT2D eigenvalue weighted by Crippen LogP contribution is -2.12. The number of rotatable bonds is 2. The van der Waals surface area contributed by atoms with Gasteiger partial charge in [-0.25, -0.2) is 0 Å². The van der Waals surface area contributed by atoms with Crippen LogP contribution in [0.3, 0.4) is 0 Å². The number of aromatic nitrogens is 1. The first kappa shape index (κ1) is 15.8. The topological polar surface area (TPSA) is 62.2 Å². The fourth-order valence-corrected chi connectivity index (χ4v) is 2.25. The number of benzene rings is 2. The molecule has 122 valence electrons. The van der Waals surface area contributed by atoms with Crippen LogP contribution < -0.4 is 5.32 Å². The van der Waals surface area contributed by atoms with Gasteiger partial charge in [-0.1, -0.05) is 12.1 Å². The number of alkyl halides is 3. The summed E-state index contributed by atoms with van der Waals surface area (Å²) in [5, 5.41) is 13.3. The molecule has 0 unspecified atom stereocenters. The molecule has 0 atom stereocenters. The van der Waals surface area contributed by atoms with Gasteiger partial charge >= 0.3 is 6.18 Å². The third-order valence-corrected chi connectivity index (χ3v) is 3.46. The number of phenols is 1. The summed E-state index contributed by atoms with van der Waals surface area (Å²) in [6.45, 7) is 0. The Labute approximate surface area is 134 Å². The number of amides is 1. The highest BCUT2D eigenvalue weighted by molar-refractivity contribution is 6.09. The number of carbonyl (C=O) groups excluding carboxylic acids is 1. The van der Waals surface area contributed by atoms with E-state index in [2.05, 4.69) is 10.3 Å². The van der Waals surface area contributed by atoms with Crippen molar-refractivity contribution in [3.05, 3.63) is 65.9 Å². The normalized spacial score (nSPS) is 11.5. The van der Waals surface area contributed by atoms with Gasteiger partial charge in [0.25, 0.3) is 5.91 Å². The lowest BCUT2D eigenvalue weighted by Gasteiger charge is -2.10. The average Bonchev–Trinajstić information content (AvgIpc) is 2.55. The summed E-state index contributed by atoms with van der Waals surface area (Å²) in [7, 11) is 0. The number of halogens is 3. The second kappa shape index (κ2) is 5.84. The molecule has 7 heteroatoms. The van der Waals surface area contributed by atoms with Crippen molar-refractivity contribution in [2.45, 2.75) is 6.18 Å². The smallest absolute Gasteiger partial charge is 0.416 e. The zero-order valence-corrected chi connectivity index (χ0v) is 12.1. The first-order chi connectivity index (χ1) is 11.4. The molecule has 2 aromatic carbocycles. The van der Waals surface area contributed by atoms with E-state index in [4.69, 9.17) is 0 Å². The maximum atomic E-state index is 12.5. The second-order valence-corrected chi connectivity index (χ2v) is 5.07. The van der Waals surface area contributed by atoms with Crippen LogP contribution in [0, 0.1) is 0 Å². The lowest BCUT2D eigenvalue weighted by atomic mass is 10.1. The van der Waals surface area contributed by atoms with Crippen molar-refractivity contribution in [1.82, 2.24) is 4.98 Å². The van der Waals surface area contributed by atoms with Crippen LogP contribution in [0.2, 0.25) is 0 Å². The Morgan fingerprint density at radius 3 is 2.42 bits per heavy atom. The van der Waals surface area contributed by atoms with E-state index < -0.39 is 17.6 Å². The van der Waals surface area contributed by atoms with Crippen molar-refractivity contribution < 1.29 is 23.1 Å². The van der Waals surface area contributed by atoms with Gasteiger partial charge in [0.2, 0.25) is 0 Å². The van der Waals surface area contributed by atoms with Crippen LogP contribution in [0.4, 0.5) is 18.9 Å². The van der Waals surface area contributed by atoms with E-state index >= 15 is 0 Å². The molecule has 0 bridgehead atoms. The Morgan fingerprint density at radius 2 is 1.75 bits per heavy atom. The van der Waals surface area contributed by atoms with E-state index in [1.54, 1.807) is 18.2 Å². The molecule has 3 aromatic rings. The largest absolute Gasteiger partial charge is 0.505 e. The summed E-state index contributed by atoms with van der Waals surface area (Å²) in [6.07, 6.45) is -2.95. The first-order valence-electron chi connectivity index (χ1n) is 6.91. The summed E-state index contributed by atoms with van der Waals surface area (Å²) >= 11 is 0. The molecular weight excluding hydrogens is 321 g/mol. The maximum Gasteiger partial charge on any atom is 0.416 e. The second-order valence-electron chi connectivity index (χ2n) is 5.07. The Bertz CT molecular complexity index is 906. The number of aromatic hydroxyl groups is 1. The first-order valence-corrected chi connectivity index (χ1v) is 6.91. The molecule has 0 radical (unpaired) electrons. The predicted molar refractivity (Wildman–Crippen MR) is 82.8 cm³/mol. The summed E-state index contributed by atoms with van der Waals surface area (Å²) in [5.41, 5.74) is -0.356. The number of carbonyl (C=O) groups is 1. The van der Waals surface area contributed by atoms with E-state index in [1.165, 1.54) is 12.3 Å². The summed E-state index contributed by atoms with van der Waals surface area (Å²) in [6, 6.07) is 10.5. The molecule has 4 nitrogen and oxygen atoms in total. The number of anilines is 1. The molecule has 0 saturated heterocycles. The Morgan fingerprint density at radius 1 is 1.04 bits per heavy atom. The summed E-state index contributed by atoms with van der Waals surface area (Å²) in [4.78, 5) is 16.3. The molecule has 0 aliphatic heterocycles. The molecular formula is C17H11F3N2O2. The van der Waals surface area contributed by atoms with Gasteiger partial charge in [0.1, 0.15) is 5.52 Å². The highest BCUT2D eigenvalue weighted by Crippen LogP contribution is 2.30. The number of pyridine rings is 1. The standard InChI is InChI=1S/C17H11F3N2O2/c18-17(19,20)11-4-6-12(7-5-11)22-16(24)13-8-3-10-2-1-9-21-14(10)15(13)23/h1-9,23H,(H,22,24). The summed E-state index contributed by atoms with van der Waals surface area (Å²) < 4.78 is 37.6. The fourth-order valence-electron chi connectivity index (χ4n) is 2.25. The van der Waals surface area contributed by atoms with Gasteiger partial charge in [-0.15, -0.1) is 0 Å². The van der Waals surface area contributed by atoms with Crippen LogP contribution in [0.25, 0.3) is 10.9 Å². The van der Waals surface area contributed by atoms with E-state index in [0.29, 0.717) is 5.39 Å². The molecule has 1 amide bonds. The van der Waals surface area contributed by atoms with Crippen molar-refractivity contribution in [1.29, 1.82) is 0 Å². The van der Waals surface area contributed by atoms with Gasteiger partial charge in [0.05, 0.1) is 11.1 Å². The Kier molecular flexibility index (Phi) is 3.84. The quantitative estimate of drug-likeness (QED) is 0.739. The van der Waals surface area contributed by atoms with Crippen molar-refractivity contribution in [3.8, 4) is 5.75 Å². The van der Waals surface area contributed by atoms with Gasteiger partial charge in [0, 0.05) is 17.3 Å². The Hall–Kier alpha value is -3.09. The van der Waals surface area contributed by atoms with Gasteiger partial charge in [-0.2, -0.15) is 13.2 Å². The molecule has 0 spiro atoms. The fraction of sp³-hybridized carbons (Fsp3) is 0.0588. The summed E-state index contributed by atoms with van der Waals surface area (Å²) in [5.74, 6) is -0.919. The van der Waals surface area contributed by atoms with Crippen LogP contribution in [-0.2, 0) is 6.18 Å². The number of nitrogens with one attached hydrogen (secondary N) is 1. The van der Waals surface area contributed by atoms with Crippen LogP contribution >= 0.6 is 0 Å². The monoisotopic (exact) mass is 332 g/mol. The molecule has 0 aliphatic carbocycles. The maximum absolute atomic E-state index is 12.5. The number of phenolic OH excluding ortho intramolecular Hbond substituents is 1. The SMILES string of the molecule is O=C(Nc1ccc(C(F)(F)F)cc1)c1ccc2cccnc2c1O. The van der Waals surface area contributed by atoms with E-state index in [0.717, 1.165) is 24.3 Å². The molecule has 1 aromatic heterocycles. The van der Waals surface area contributed by atoms with Crippen molar-refractivity contribution in [3.63, 3.8) is 0 Å². The minimum absolute atomic E-state index is 0.0129. The lowest BCUT2D eigenvalue weighted by molar-refractivity contribution is -0.137. The number of hydrogen-bond acceptors (Lipinski definition) is 3. The molecule has 2 N–H and O–H groups in total. The van der Waals surface area contributed by atoms with Crippen LogP contribution in [0.15, 0.2) is 54.7 Å². The molecule has 0 aliphatic rings. The third-order valence-electron chi connectivity index (χ3n) is 3.46. The van der Waals surface area contributed by atoms with Gasteiger partial charge in [-0.05, 0) is 36.4 Å². The van der Waals surface area contributed by atoms with E-state index in [-0.39, 0.29) is 22.5 Å². The zero-order valence-electron chi connectivity index (χ0n) is 12.1. The molecule has 0 fully saturated rings. The number of nitrogens with zero attached hydrogens (tertiary/aromatic N) is 1. The average molecular weight is 332 g/mol. The highest BCUT2D eigenvalue weighted by atomic mass is 19.4. The Balaban J connectivity index is 1.86. The molecule has 0 saturated carbocycles. The highest BCUT2D eigenvalue weighted by Gasteiger charge is 2.30. The van der Waals surface area contributed by atoms with Gasteiger partial charge in [0.15, 0.2) is 5.75 Å². The van der Waals surface area contributed by atoms with Crippen molar-refractivity contribution in [2.24, 2.45) is 0 Å². The van der Waals surface area contributed by atoms with Crippen molar-refractivity contribution >= 4 is 22.5 Å². The van der Waals surface area contributed by atoms with Gasteiger partial charge in [-0.3, -0.25) is 9.78 Å². The van der Waals surface area contributed by atoms with Crippen LogP contribution in [0.5, 0.6) is 5.75 Å². The molecule has 1 heterocycles. The van der Waals surface area contributed by atoms with E-state index in [9.17, 15) is 23.1 Å². The van der Waals surface area contributed by atoms with E-state index in [1.807, 2.05) is 0 Å². The number of fused-ring (bicyclic) bond motifs is 1. The minimum Gasteiger partial charge on any atom is -0.505 e. The molecule has 3 rings (SSSR count). The third kappa shape index (κ3) is 3.01. The zero-order chi connectivity index (χ0) is 17.3. The number of hydrogen-bond donors (Lipinski definition) is 2. The minimum atomic E-state index is -4.44. The van der Waals surface area contributed by atoms with Crippen LogP contribution in [-0.4, -0.2) is 16.0 Å².